The molecule has 0 bridgehead atoms. The number of hydrogen-bond acceptors (Lipinski definition) is 6. The first-order valence-electron chi connectivity index (χ1n) is 12.6. The SMILES string of the molecule is C[C@@H](CCC(=O)[O-])[C@H]1CC[C@@H]2[C@H]3[C@H](C(=O)[O-])C[C@@H]4C[C@H](C(=O)[O-])CC[C@]4(C)[C@H]3CC[C@@]21C. The monoisotopic (exact) mass is 445 g/mol. The summed E-state index contributed by atoms with van der Waals surface area (Å²) in [6.07, 6.45) is 7.18. The highest BCUT2D eigenvalue weighted by atomic mass is 16.4. The van der Waals surface area contributed by atoms with E-state index in [1.807, 2.05) is 0 Å². The van der Waals surface area contributed by atoms with E-state index < -0.39 is 29.7 Å². The molecule has 4 rings (SSSR count). The van der Waals surface area contributed by atoms with Gasteiger partial charge in [0, 0.05) is 23.8 Å². The molecule has 0 aliphatic heterocycles. The van der Waals surface area contributed by atoms with Crippen LogP contribution in [0, 0.1) is 58.2 Å². The van der Waals surface area contributed by atoms with E-state index in [0.29, 0.717) is 37.5 Å². The van der Waals surface area contributed by atoms with Gasteiger partial charge in [-0.05, 0) is 116 Å². The zero-order chi connectivity index (χ0) is 23.4. The van der Waals surface area contributed by atoms with Crippen molar-refractivity contribution in [1.29, 1.82) is 0 Å². The van der Waals surface area contributed by atoms with Gasteiger partial charge in [-0.2, -0.15) is 0 Å². The number of fused-ring (bicyclic) bond motifs is 5. The van der Waals surface area contributed by atoms with Gasteiger partial charge in [-0.15, -0.1) is 0 Å². The summed E-state index contributed by atoms with van der Waals surface area (Å²) in [5.74, 6) is -2.57. The van der Waals surface area contributed by atoms with Gasteiger partial charge in [0.2, 0.25) is 0 Å². The Labute approximate surface area is 191 Å². The molecular weight excluding hydrogens is 408 g/mol. The molecule has 4 saturated carbocycles. The molecule has 0 amide bonds. The summed E-state index contributed by atoms with van der Waals surface area (Å²) in [4.78, 5) is 34.9. The Hall–Kier alpha value is -1.59. The van der Waals surface area contributed by atoms with E-state index in [4.69, 9.17) is 0 Å². The number of rotatable bonds is 6. The van der Waals surface area contributed by atoms with E-state index in [0.717, 1.165) is 32.1 Å². The highest BCUT2D eigenvalue weighted by Gasteiger charge is 2.63. The number of aliphatic carboxylic acids is 3. The minimum Gasteiger partial charge on any atom is -0.550 e. The molecule has 0 aromatic carbocycles. The molecule has 0 heterocycles. The molecule has 6 nitrogen and oxygen atoms in total. The van der Waals surface area contributed by atoms with Crippen molar-refractivity contribution in [3.8, 4) is 0 Å². The number of carbonyl (C=O) groups excluding carboxylic acids is 3. The summed E-state index contributed by atoms with van der Waals surface area (Å²) >= 11 is 0. The minimum atomic E-state index is -1.00. The Morgan fingerprint density at radius 2 is 1.53 bits per heavy atom. The third-order valence-electron chi connectivity index (χ3n) is 10.9. The van der Waals surface area contributed by atoms with Crippen LogP contribution in [0.5, 0.6) is 0 Å². The first-order valence-corrected chi connectivity index (χ1v) is 12.6. The molecule has 0 aromatic rings. The zero-order valence-corrected chi connectivity index (χ0v) is 19.6. The van der Waals surface area contributed by atoms with Crippen molar-refractivity contribution in [2.75, 3.05) is 0 Å². The lowest BCUT2D eigenvalue weighted by Crippen LogP contribution is -2.60. The van der Waals surface area contributed by atoms with E-state index in [9.17, 15) is 29.7 Å². The van der Waals surface area contributed by atoms with Crippen LogP contribution >= 0.6 is 0 Å². The second-order valence-corrected chi connectivity index (χ2v) is 12.1. The molecular formula is C26H37O6-3. The lowest BCUT2D eigenvalue weighted by molar-refractivity contribution is -0.321. The van der Waals surface area contributed by atoms with E-state index >= 15 is 0 Å². The zero-order valence-electron chi connectivity index (χ0n) is 19.6. The fraction of sp³-hybridized carbons (Fsp3) is 0.885. The summed E-state index contributed by atoms with van der Waals surface area (Å²) in [5, 5.41) is 34.9. The molecule has 0 unspecified atom stereocenters. The van der Waals surface area contributed by atoms with Crippen molar-refractivity contribution in [3.63, 3.8) is 0 Å². The van der Waals surface area contributed by atoms with Gasteiger partial charge in [0.05, 0.1) is 0 Å². The van der Waals surface area contributed by atoms with Crippen LogP contribution < -0.4 is 15.3 Å². The summed E-state index contributed by atoms with van der Waals surface area (Å²) < 4.78 is 0. The normalized spacial score (nSPS) is 46.4. The average molecular weight is 446 g/mol. The number of hydrogen-bond donors (Lipinski definition) is 0. The van der Waals surface area contributed by atoms with Crippen molar-refractivity contribution in [3.05, 3.63) is 0 Å². The number of carbonyl (C=O) groups is 3. The molecule has 180 valence electrons. The molecule has 10 atom stereocenters. The second kappa shape index (κ2) is 8.32. The van der Waals surface area contributed by atoms with E-state index in [1.165, 1.54) is 0 Å². The van der Waals surface area contributed by atoms with Crippen LogP contribution in [-0.2, 0) is 14.4 Å². The van der Waals surface area contributed by atoms with E-state index in [1.54, 1.807) is 0 Å². The number of carboxylic acid groups (broad SMARTS) is 3. The fourth-order valence-corrected chi connectivity index (χ4v) is 9.25. The van der Waals surface area contributed by atoms with Crippen LogP contribution in [0.4, 0.5) is 0 Å². The molecule has 0 saturated heterocycles. The van der Waals surface area contributed by atoms with Crippen molar-refractivity contribution >= 4 is 17.9 Å². The molecule has 0 aromatic heterocycles. The van der Waals surface area contributed by atoms with Crippen LogP contribution in [0.25, 0.3) is 0 Å². The molecule has 0 N–H and O–H groups in total. The Bertz CT molecular complexity index is 778. The van der Waals surface area contributed by atoms with Crippen molar-refractivity contribution < 1.29 is 29.7 Å². The molecule has 0 spiro atoms. The van der Waals surface area contributed by atoms with Crippen LogP contribution in [0.2, 0.25) is 0 Å². The van der Waals surface area contributed by atoms with Crippen LogP contribution in [0.3, 0.4) is 0 Å². The van der Waals surface area contributed by atoms with Gasteiger partial charge >= 0.3 is 0 Å². The Balaban J connectivity index is 1.61. The average Bonchev–Trinajstić information content (AvgIpc) is 3.07. The smallest absolute Gasteiger partial charge is 0.0448 e. The number of carboxylic acids is 3. The van der Waals surface area contributed by atoms with Crippen LogP contribution in [-0.4, -0.2) is 17.9 Å². The predicted molar refractivity (Wildman–Crippen MR) is 111 cm³/mol. The maximum atomic E-state index is 12.4. The largest absolute Gasteiger partial charge is 0.550 e. The Morgan fingerprint density at radius 3 is 2.16 bits per heavy atom. The molecule has 4 aliphatic carbocycles. The minimum absolute atomic E-state index is 0.0194. The van der Waals surface area contributed by atoms with E-state index in [-0.39, 0.29) is 40.9 Å². The topological polar surface area (TPSA) is 120 Å². The van der Waals surface area contributed by atoms with Crippen molar-refractivity contribution in [2.45, 2.75) is 85.0 Å². The van der Waals surface area contributed by atoms with Gasteiger partial charge in [-0.1, -0.05) is 20.8 Å². The van der Waals surface area contributed by atoms with Crippen LogP contribution in [0.1, 0.15) is 85.0 Å². The standard InChI is InChI=1S/C26H40O6/c1-14(4-7-21(27)28)18-5-6-19-22-17(24(31)32)13-16-12-15(23(29)30)8-10-25(16,2)20(22)9-11-26(18,19)3/h14-20,22H,4-13H2,1-3H3,(H,27,28)(H,29,30)(H,31,32)/p-3/t14-,15+,16-,17+,18+,19+,20-,22+,25-,26+/m0/s1. The maximum absolute atomic E-state index is 12.4. The van der Waals surface area contributed by atoms with Gasteiger partial charge < -0.3 is 29.7 Å². The van der Waals surface area contributed by atoms with Gasteiger partial charge in [0.25, 0.3) is 0 Å². The van der Waals surface area contributed by atoms with Crippen LogP contribution in [0.15, 0.2) is 0 Å². The first-order chi connectivity index (χ1) is 15.0. The molecule has 32 heavy (non-hydrogen) atoms. The van der Waals surface area contributed by atoms with Gasteiger partial charge in [0.15, 0.2) is 0 Å². The summed E-state index contributed by atoms with van der Waals surface area (Å²) in [6, 6.07) is 0. The quantitative estimate of drug-likeness (QED) is 0.605. The van der Waals surface area contributed by atoms with Crippen molar-refractivity contribution in [2.24, 2.45) is 58.2 Å². The predicted octanol–water partition coefficient (Wildman–Crippen LogP) is 1.15. The molecule has 0 radical (unpaired) electrons. The fourth-order valence-electron chi connectivity index (χ4n) is 9.25. The highest BCUT2D eigenvalue weighted by molar-refractivity contribution is 5.69. The summed E-state index contributed by atoms with van der Waals surface area (Å²) in [5.41, 5.74) is -0.00578. The maximum Gasteiger partial charge on any atom is 0.0448 e. The lowest BCUT2D eigenvalue weighted by atomic mass is 9.41. The third kappa shape index (κ3) is 3.66. The highest BCUT2D eigenvalue weighted by Crippen LogP contribution is 2.69. The van der Waals surface area contributed by atoms with Crippen molar-refractivity contribution in [1.82, 2.24) is 0 Å². The van der Waals surface area contributed by atoms with Gasteiger partial charge in [-0.3, -0.25) is 0 Å². The lowest BCUT2D eigenvalue weighted by Gasteiger charge is -2.64. The summed E-state index contributed by atoms with van der Waals surface area (Å²) in [7, 11) is 0. The molecule has 4 aliphatic rings. The molecule has 4 fully saturated rings. The van der Waals surface area contributed by atoms with Gasteiger partial charge in [-0.25, -0.2) is 0 Å². The van der Waals surface area contributed by atoms with Gasteiger partial charge in [0.1, 0.15) is 0 Å². The third-order valence-corrected chi connectivity index (χ3v) is 10.9. The Kier molecular flexibility index (Phi) is 6.13. The Morgan fingerprint density at radius 1 is 0.875 bits per heavy atom. The van der Waals surface area contributed by atoms with E-state index in [2.05, 4.69) is 20.8 Å². The first kappa shape index (κ1) is 23.6. The molecule has 6 heteroatoms. The second-order valence-electron chi connectivity index (χ2n) is 12.1. The summed E-state index contributed by atoms with van der Waals surface area (Å²) in [6.45, 7) is 6.74.